The van der Waals surface area contributed by atoms with E-state index in [1.807, 2.05) is 0 Å². The molecule has 2 N–H and O–H groups in total. The van der Waals surface area contributed by atoms with Crippen LogP contribution in [0.15, 0.2) is 42.5 Å². The Hall–Kier alpha value is -2.74. The Balaban J connectivity index is 1.69. The fraction of sp³-hybridized carbons (Fsp3) is 0.176. The molecule has 0 bridgehead atoms. The van der Waals surface area contributed by atoms with Crippen LogP contribution in [0.5, 0.6) is 5.75 Å². The lowest BCUT2D eigenvalue weighted by Crippen LogP contribution is -2.39. The number of anilines is 2. The van der Waals surface area contributed by atoms with E-state index in [1.54, 1.807) is 24.3 Å². The summed E-state index contributed by atoms with van der Waals surface area (Å²) in [5, 5.41) is 4.73. The van der Waals surface area contributed by atoms with Crippen LogP contribution < -0.4 is 15.4 Å². The van der Waals surface area contributed by atoms with Crippen LogP contribution in [0.4, 0.5) is 24.5 Å². The van der Waals surface area contributed by atoms with Gasteiger partial charge < -0.3 is 15.4 Å². The maximum absolute atomic E-state index is 12.9. The molecule has 1 atom stereocenters. The summed E-state index contributed by atoms with van der Waals surface area (Å²) in [6.07, 6.45) is -4.95. The highest BCUT2D eigenvalue weighted by Crippen LogP contribution is 2.36. The molecular formula is C17H12ClF3N2O3. The lowest BCUT2D eigenvalue weighted by Gasteiger charge is -2.25. The van der Waals surface area contributed by atoms with Crippen molar-refractivity contribution in [1.29, 1.82) is 0 Å². The molecule has 0 saturated heterocycles. The van der Waals surface area contributed by atoms with Crippen molar-refractivity contribution in [3.63, 3.8) is 0 Å². The average molecular weight is 385 g/mol. The van der Waals surface area contributed by atoms with E-state index in [0.717, 1.165) is 12.1 Å². The third kappa shape index (κ3) is 3.91. The molecule has 0 aliphatic carbocycles. The van der Waals surface area contributed by atoms with Crippen molar-refractivity contribution in [2.45, 2.75) is 18.6 Å². The molecule has 2 aromatic carbocycles. The van der Waals surface area contributed by atoms with Gasteiger partial charge in [0.05, 0.1) is 22.7 Å². The predicted octanol–water partition coefficient (Wildman–Crippen LogP) is 4.09. The summed E-state index contributed by atoms with van der Waals surface area (Å²) in [7, 11) is 0. The topological polar surface area (TPSA) is 67.4 Å². The Morgan fingerprint density at radius 2 is 1.96 bits per heavy atom. The molecule has 0 aromatic heterocycles. The molecule has 0 fully saturated rings. The van der Waals surface area contributed by atoms with Gasteiger partial charge in [0.25, 0.3) is 0 Å². The lowest BCUT2D eigenvalue weighted by atomic mass is 10.1. The zero-order valence-electron chi connectivity index (χ0n) is 13.1. The van der Waals surface area contributed by atoms with Crippen LogP contribution in [0.1, 0.15) is 12.0 Å². The Kier molecular flexibility index (Phi) is 4.78. The van der Waals surface area contributed by atoms with Gasteiger partial charge in [-0.1, -0.05) is 23.7 Å². The van der Waals surface area contributed by atoms with Crippen molar-refractivity contribution in [2.24, 2.45) is 0 Å². The summed E-state index contributed by atoms with van der Waals surface area (Å²) >= 11 is 5.54. The molecule has 2 aromatic rings. The molecule has 3 rings (SSSR count). The largest absolute Gasteiger partial charge is 0.423 e. The molecular weight excluding hydrogens is 373 g/mol. The highest BCUT2D eigenvalue weighted by atomic mass is 35.5. The normalized spacial score (nSPS) is 16.3. The second-order valence-corrected chi connectivity index (χ2v) is 5.97. The minimum atomic E-state index is -4.64. The number of benzene rings is 2. The first-order valence-corrected chi connectivity index (χ1v) is 7.85. The van der Waals surface area contributed by atoms with Gasteiger partial charge in [0, 0.05) is 5.69 Å². The standard InChI is InChI=1S/C17H12ClF3N2O3/c18-11-6-5-9(7-10(11)17(19,20)21)22-15(24)8-13-16(25)26-14-4-2-1-3-12(14)23-13/h1-7,13,23H,8H2,(H,22,24). The van der Waals surface area contributed by atoms with Gasteiger partial charge in [-0.2, -0.15) is 13.2 Å². The first-order chi connectivity index (χ1) is 12.2. The Morgan fingerprint density at radius 1 is 1.23 bits per heavy atom. The SMILES string of the molecule is O=C(CC1Nc2ccccc2OC1=O)Nc1ccc(Cl)c(C(F)(F)F)c1. The number of nitrogens with one attached hydrogen (secondary N) is 2. The van der Waals surface area contributed by atoms with Crippen molar-refractivity contribution < 1.29 is 27.5 Å². The van der Waals surface area contributed by atoms with Crippen LogP contribution in [0.3, 0.4) is 0 Å². The number of esters is 1. The highest BCUT2D eigenvalue weighted by molar-refractivity contribution is 6.31. The van der Waals surface area contributed by atoms with E-state index in [0.29, 0.717) is 11.4 Å². The number of rotatable bonds is 3. The summed E-state index contributed by atoms with van der Waals surface area (Å²) in [5.74, 6) is -0.943. The molecule has 5 nitrogen and oxygen atoms in total. The first kappa shape index (κ1) is 18.1. The fourth-order valence-electron chi connectivity index (χ4n) is 2.45. The van der Waals surface area contributed by atoms with Crippen LogP contribution in [0.2, 0.25) is 5.02 Å². The molecule has 1 aliphatic heterocycles. The monoisotopic (exact) mass is 384 g/mol. The number of amides is 1. The number of ether oxygens (including phenoxy) is 1. The molecule has 26 heavy (non-hydrogen) atoms. The minimum Gasteiger partial charge on any atom is -0.423 e. The van der Waals surface area contributed by atoms with Gasteiger partial charge in [0.2, 0.25) is 5.91 Å². The smallest absolute Gasteiger partial charge is 0.417 e. The van der Waals surface area contributed by atoms with Gasteiger partial charge in [-0.05, 0) is 30.3 Å². The van der Waals surface area contributed by atoms with Gasteiger partial charge in [0.1, 0.15) is 6.04 Å². The van der Waals surface area contributed by atoms with Crippen LogP contribution in [0.25, 0.3) is 0 Å². The Labute approximate surface area is 151 Å². The Bertz CT molecular complexity index is 871. The van der Waals surface area contributed by atoms with Gasteiger partial charge in [-0.25, -0.2) is 4.79 Å². The zero-order valence-corrected chi connectivity index (χ0v) is 13.8. The summed E-state index contributed by atoms with van der Waals surface area (Å²) in [5.41, 5.74) is -0.576. The number of fused-ring (bicyclic) bond motifs is 1. The van der Waals surface area contributed by atoms with Crippen molar-refractivity contribution >= 4 is 34.9 Å². The lowest BCUT2D eigenvalue weighted by molar-refractivity contribution is -0.137. The molecule has 0 radical (unpaired) electrons. The quantitative estimate of drug-likeness (QED) is 0.618. The second-order valence-electron chi connectivity index (χ2n) is 5.56. The maximum Gasteiger partial charge on any atom is 0.417 e. The van der Waals surface area contributed by atoms with E-state index in [1.165, 1.54) is 6.07 Å². The summed E-state index contributed by atoms with van der Waals surface area (Å²) in [6, 6.07) is 8.79. The number of alkyl halides is 3. The van der Waals surface area contributed by atoms with Gasteiger partial charge in [-0.15, -0.1) is 0 Å². The molecule has 0 saturated carbocycles. The van der Waals surface area contributed by atoms with E-state index in [-0.39, 0.29) is 12.1 Å². The van der Waals surface area contributed by atoms with Crippen LogP contribution in [0, 0.1) is 0 Å². The number of hydrogen-bond acceptors (Lipinski definition) is 4. The third-order valence-corrected chi connectivity index (χ3v) is 3.99. The van der Waals surface area contributed by atoms with Crippen molar-refractivity contribution in [3.8, 4) is 5.75 Å². The van der Waals surface area contributed by atoms with E-state index in [4.69, 9.17) is 16.3 Å². The first-order valence-electron chi connectivity index (χ1n) is 7.48. The van der Waals surface area contributed by atoms with Crippen molar-refractivity contribution in [1.82, 2.24) is 0 Å². The van der Waals surface area contributed by atoms with E-state index in [2.05, 4.69) is 10.6 Å². The summed E-state index contributed by atoms with van der Waals surface area (Å²) < 4.78 is 43.7. The van der Waals surface area contributed by atoms with Crippen molar-refractivity contribution in [3.05, 3.63) is 53.1 Å². The van der Waals surface area contributed by atoms with Gasteiger partial charge >= 0.3 is 12.1 Å². The molecule has 9 heteroatoms. The van der Waals surface area contributed by atoms with E-state index in [9.17, 15) is 22.8 Å². The number of para-hydroxylation sites is 2. The average Bonchev–Trinajstić information content (AvgIpc) is 2.56. The zero-order chi connectivity index (χ0) is 18.9. The highest BCUT2D eigenvalue weighted by Gasteiger charge is 2.34. The summed E-state index contributed by atoms with van der Waals surface area (Å²) in [6.45, 7) is 0. The van der Waals surface area contributed by atoms with Gasteiger partial charge in [-0.3, -0.25) is 4.79 Å². The predicted molar refractivity (Wildman–Crippen MR) is 89.2 cm³/mol. The van der Waals surface area contributed by atoms with Crippen molar-refractivity contribution in [2.75, 3.05) is 10.6 Å². The Morgan fingerprint density at radius 3 is 2.69 bits per heavy atom. The number of halogens is 4. The molecule has 1 heterocycles. The minimum absolute atomic E-state index is 0.0729. The van der Waals surface area contributed by atoms with Gasteiger partial charge in [0.15, 0.2) is 5.75 Å². The second kappa shape index (κ2) is 6.87. The number of hydrogen-bond donors (Lipinski definition) is 2. The van der Waals surface area contributed by atoms with Crippen LogP contribution >= 0.6 is 11.6 Å². The number of carbonyl (C=O) groups is 2. The third-order valence-electron chi connectivity index (χ3n) is 3.66. The van der Waals surface area contributed by atoms with E-state index < -0.39 is 34.7 Å². The van der Waals surface area contributed by atoms with Crippen LogP contribution in [-0.2, 0) is 15.8 Å². The molecule has 1 amide bonds. The molecule has 136 valence electrons. The van der Waals surface area contributed by atoms with E-state index >= 15 is 0 Å². The number of carbonyl (C=O) groups excluding carboxylic acids is 2. The van der Waals surface area contributed by atoms with Crippen LogP contribution in [-0.4, -0.2) is 17.9 Å². The molecule has 1 aliphatic rings. The molecule has 0 spiro atoms. The molecule has 1 unspecified atom stereocenters. The summed E-state index contributed by atoms with van der Waals surface area (Å²) in [4.78, 5) is 24.1. The maximum atomic E-state index is 12.9. The fourth-order valence-corrected chi connectivity index (χ4v) is 2.68.